The lowest BCUT2D eigenvalue weighted by Gasteiger charge is -2.13. The molecule has 0 bridgehead atoms. The second-order valence-electron chi connectivity index (χ2n) is 4.39. The molecular weight excluding hydrogens is 214 g/mol. The van der Waals surface area contributed by atoms with Crippen LogP contribution in [0.3, 0.4) is 0 Å². The van der Waals surface area contributed by atoms with E-state index in [1.807, 2.05) is 25.1 Å². The van der Waals surface area contributed by atoms with Crippen molar-refractivity contribution in [1.82, 2.24) is 5.48 Å². The average molecular weight is 235 g/mol. The van der Waals surface area contributed by atoms with Crippen LogP contribution in [0.15, 0.2) is 24.3 Å². The molecule has 0 aliphatic heterocycles. The van der Waals surface area contributed by atoms with Crippen molar-refractivity contribution >= 4 is 0 Å². The monoisotopic (exact) mass is 235 g/mol. The maximum atomic E-state index is 5.63. The van der Waals surface area contributed by atoms with Crippen molar-refractivity contribution in [2.45, 2.75) is 45.3 Å². The summed E-state index contributed by atoms with van der Waals surface area (Å²) in [7, 11) is 0. The Balaban J connectivity index is 1.80. The zero-order chi connectivity index (χ0) is 11.9. The van der Waals surface area contributed by atoms with Crippen molar-refractivity contribution in [2.75, 3.05) is 6.61 Å². The first-order valence-electron chi connectivity index (χ1n) is 6.49. The van der Waals surface area contributed by atoms with Crippen LogP contribution in [0, 0.1) is 0 Å². The van der Waals surface area contributed by atoms with E-state index in [1.54, 1.807) is 0 Å². The highest BCUT2D eigenvalue weighted by Crippen LogP contribution is 2.21. The molecule has 1 aliphatic carbocycles. The molecule has 94 valence electrons. The van der Waals surface area contributed by atoms with Crippen LogP contribution in [-0.2, 0) is 11.4 Å². The van der Waals surface area contributed by atoms with Crippen LogP contribution in [0.4, 0.5) is 0 Å². The Labute approximate surface area is 103 Å². The van der Waals surface area contributed by atoms with Crippen molar-refractivity contribution in [2.24, 2.45) is 0 Å². The minimum Gasteiger partial charge on any atom is -0.494 e. The van der Waals surface area contributed by atoms with E-state index in [2.05, 4.69) is 11.5 Å². The van der Waals surface area contributed by atoms with Crippen LogP contribution in [0.5, 0.6) is 5.75 Å². The third kappa shape index (κ3) is 3.72. The van der Waals surface area contributed by atoms with Crippen LogP contribution in [0.25, 0.3) is 0 Å². The number of nitrogens with one attached hydrogen (secondary N) is 1. The van der Waals surface area contributed by atoms with E-state index in [9.17, 15) is 0 Å². The smallest absolute Gasteiger partial charge is 0.123 e. The maximum Gasteiger partial charge on any atom is 0.123 e. The van der Waals surface area contributed by atoms with Crippen LogP contribution >= 0.6 is 0 Å². The summed E-state index contributed by atoms with van der Waals surface area (Å²) in [5.41, 5.74) is 4.21. The van der Waals surface area contributed by atoms with E-state index in [1.165, 1.54) is 25.7 Å². The summed E-state index contributed by atoms with van der Waals surface area (Å²) in [6.45, 7) is 3.40. The van der Waals surface area contributed by atoms with Gasteiger partial charge in [-0.1, -0.05) is 31.0 Å². The fourth-order valence-electron chi connectivity index (χ4n) is 2.19. The number of ether oxygens (including phenoxy) is 1. The molecular formula is C14H21NO2. The summed E-state index contributed by atoms with van der Waals surface area (Å²) in [5, 5.41) is 0. The normalized spacial score (nSPS) is 16.3. The Kier molecular flexibility index (Phi) is 4.83. The lowest BCUT2D eigenvalue weighted by Crippen LogP contribution is -2.21. The van der Waals surface area contributed by atoms with Gasteiger partial charge in [-0.25, -0.2) is 0 Å². The van der Waals surface area contributed by atoms with Crippen LogP contribution < -0.4 is 10.2 Å². The Morgan fingerprint density at radius 1 is 1.24 bits per heavy atom. The quantitative estimate of drug-likeness (QED) is 0.769. The Morgan fingerprint density at radius 3 is 2.76 bits per heavy atom. The maximum absolute atomic E-state index is 5.63. The fraction of sp³-hybridized carbons (Fsp3) is 0.571. The molecule has 0 amide bonds. The van der Waals surface area contributed by atoms with Gasteiger partial charge in [0, 0.05) is 12.1 Å². The van der Waals surface area contributed by atoms with Gasteiger partial charge in [-0.2, -0.15) is 5.48 Å². The van der Waals surface area contributed by atoms with E-state index in [4.69, 9.17) is 9.57 Å². The Bertz CT molecular complexity index is 335. The lowest BCUT2D eigenvalue weighted by atomic mass is 10.2. The van der Waals surface area contributed by atoms with E-state index in [0.29, 0.717) is 19.3 Å². The molecule has 0 atom stereocenters. The van der Waals surface area contributed by atoms with E-state index in [-0.39, 0.29) is 0 Å². The summed E-state index contributed by atoms with van der Waals surface area (Å²) in [4.78, 5) is 5.63. The number of hydrogen-bond donors (Lipinski definition) is 1. The second-order valence-corrected chi connectivity index (χ2v) is 4.39. The number of hydrogen-bond acceptors (Lipinski definition) is 3. The third-order valence-corrected chi connectivity index (χ3v) is 3.09. The molecule has 3 heteroatoms. The fourth-order valence-corrected chi connectivity index (χ4v) is 2.19. The summed E-state index contributed by atoms with van der Waals surface area (Å²) >= 11 is 0. The molecule has 0 unspecified atom stereocenters. The van der Waals surface area contributed by atoms with Gasteiger partial charge in [-0.15, -0.1) is 0 Å². The summed E-state index contributed by atoms with van der Waals surface area (Å²) in [6.07, 6.45) is 5.35. The zero-order valence-corrected chi connectivity index (χ0v) is 10.4. The van der Waals surface area contributed by atoms with Gasteiger partial charge < -0.3 is 4.74 Å². The van der Waals surface area contributed by atoms with Crippen molar-refractivity contribution < 1.29 is 9.57 Å². The number of rotatable bonds is 6. The van der Waals surface area contributed by atoms with E-state index < -0.39 is 0 Å². The molecule has 0 radical (unpaired) electrons. The minimum absolute atomic E-state index is 0.397. The highest BCUT2D eigenvalue weighted by atomic mass is 16.7. The van der Waals surface area contributed by atoms with Gasteiger partial charge in [-0.3, -0.25) is 4.84 Å². The Morgan fingerprint density at radius 2 is 2.00 bits per heavy atom. The van der Waals surface area contributed by atoms with Crippen LogP contribution in [0.1, 0.15) is 38.2 Å². The van der Waals surface area contributed by atoms with Gasteiger partial charge >= 0.3 is 0 Å². The predicted octanol–water partition coefficient (Wildman–Crippen LogP) is 3.05. The van der Waals surface area contributed by atoms with Gasteiger partial charge in [0.05, 0.1) is 12.7 Å². The first kappa shape index (κ1) is 12.4. The van der Waals surface area contributed by atoms with Gasteiger partial charge in [0.25, 0.3) is 0 Å². The van der Waals surface area contributed by atoms with Gasteiger partial charge in [0.1, 0.15) is 5.75 Å². The standard InChI is InChI=1S/C14H21NO2/c1-2-16-14-10-6-3-7-12(14)11-15-17-13-8-4-5-9-13/h3,6-7,10,13,15H,2,4-5,8-9,11H2,1H3. The van der Waals surface area contributed by atoms with Crippen molar-refractivity contribution in [1.29, 1.82) is 0 Å². The molecule has 2 rings (SSSR count). The first-order chi connectivity index (χ1) is 8.40. The molecule has 0 heterocycles. The van der Waals surface area contributed by atoms with Crippen LogP contribution in [0.2, 0.25) is 0 Å². The summed E-state index contributed by atoms with van der Waals surface area (Å²) in [6, 6.07) is 8.08. The molecule has 0 spiro atoms. The zero-order valence-electron chi connectivity index (χ0n) is 10.4. The van der Waals surface area contributed by atoms with E-state index >= 15 is 0 Å². The lowest BCUT2D eigenvalue weighted by molar-refractivity contribution is -0.0246. The molecule has 17 heavy (non-hydrogen) atoms. The number of hydroxylamine groups is 1. The molecule has 1 aromatic rings. The SMILES string of the molecule is CCOc1ccccc1CNOC1CCCC1. The number of benzene rings is 1. The molecule has 0 aromatic heterocycles. The Hall–Kier alpha value is -1.06. The average Bonchev–Trinajstić information content (AvgIpc) is 2.85. The van der Waals surface area contributed by atoms with Gasteiger partial charge in [0.15, 0.2) is 0 Å². The molecule has 1 aromatic carbocycles. The third-order valence-electron chi connectivity index (χ3n) is 3.09. The van der Waals surface area contributed by atoms with Gasteiger partial charge in [0.2, 0.25) is 0 Å². The first-order valence-corrected chi connectivity index (χ1v) is 6.49. The van der Waals surface area contributed by atoms with E-state index in [0.717, 1.165) is 11.3 Å². The van der Waals surface area contributed by atoms with Crippen molar-refractivity contribution in [3.8, 4) is 5.75 Å². The molecule has 3 nitrogen and oxygen atoms in total. The summed E-state index contributed by atoms with van der Waals surface area (Å²) < 4.78 is 5.56. The number of para-hydroxylation sites is 1. The highest BCUT2D eigenvalue weighted by molar-refractivity contribution is 5.32. The topological polar surface area (TPSA) is 30.5 Å². The second kappa shape index (κ2) is 6.62. The van der Waals surface area contributed by atoms with Crippen LogP contribution in [-0.4, -0.2) is 12.7 Å². The molecule has 1 N–H and O–H groups in total. The molecule has 1 aliphatic rings. The van der Waals surface area contributed by atoms with Gasteiger partial charge in [-0.05, 0) is 25.8 Å². The minimum atomic E-state index is 0.397. The predicted molar refractivity (Wildman–Crippen MR) is 67.8 cm³/mol. The largest absolute Gasteiger partial charge is 0.494 e. The highest BCUT2D eigenvalue weighted by Gasteiger charge is 2.15. The molecule has 1 fully saturated rings. The van der Waals surface area contributed by atoms with Crippen molar-refractivity contribution in [3.05, 3.63) is 29.8 Å². The van der Waals surface area contributed by atoms with Crippen molar-refractivity contribution in [3.63, 3.8) is 0 Å². The molecule has 0 saturated heterocycles. The summed E-state index contributed by atoms with van der Waals surface area (Å²) in [5.74, 6) is 0.942. The molecule has 1 saturated carbocycles.